The molecule has 6 heteroatoms. The zero-order chi connectivity index (χ0) is 12.2. The van der Waals surface area contributed by atoms with Crippen LogP contribution >= 0.6 is 0 Å². The fourth-order valence-corrected chi connectivity index (χ4v) is 2.05. The summed E-state index contributed by atoms with van der Waals surface area (Å²) in [4.78, 5) is 23.2. The highest BCUT2D eigenvalue weighted by Gasteiger charge is 2.49. The van der Waals surface area contributed by atoms with Gasteiger partial charge in [0.05, 0.1) is 0 Å². The van der Waals surface area contributed by atoms with Gasteiger partial charge in [0.25, 0.3) is 0 Å². The number of nitrogens with two attached hydrogens (primary N) is 1. The fraction of sp³-hybridized carbons (Fsp3) is 0.600. The second-order valence-electron chi connectivity index (χ2n) is 3.79. The molecule has 16 heavy (non-hydrogen) atoms. The highest BCUT2D eigenvalue weighted by atomic mass is 16.4. The molecule has 0 aromatic heterocycles. The molecule has 0 bridgehead atoms. The molecular formula is C10H16N2O4. The molecule has 6 nitrogen and oxygen atoms in total. The summed E-state index contributed by atoms with van der Waals surface area (Å²) in [6.07, 6.45) is 3.20. The molecule has 0 aliphatic carbocycles. The smallest absolute Gasteiger partial charge is 0.408 e. The number of hydrogen-bond donors (Lipinski definition) is 3. The Balaban J connectivity index is 2.91. The van der Waals surface area contributed by atoms with Crippen molar-refractivity contribution in [2.24, 2.45) is 5.73 Å². The van der Waals surface area contributed by atoms with Crippen LogP contribution in [-0.4, -0.2) is 45.8 Å². The summed E-state index contributed by atoms with van der Waals surface area (Å²) in [7, 11) is 0. The zero-order valence-corrected chi connectivity index (χ0v) is 8.93. The van der Waals surface area contributed by atoms with Gasteiger partial charge in [-0.2, -0.15) is 0 Å². The monoisotopic (exact) mass is 228 g/mol. The Morgan fingerprint density at radius 2 is 2.06 bits per heavy atom. The van der Waals surface area contributed by atoms with Crippen molar-refractivity contribution in [3.63, 3.8) is 0 Å². The SMILES string of the molecule is NC/C=C\CC1(C(=O)O)CCCN1C(=O)O. The van der Waals surface area contributed by atoms with Crippen LogP contribution in [0.25, 0.3) is 0 Å². The predicted octanol–water partition coefficient (Wildman–Crippen LogP) is 0.489. The second kappa shape index (κ2) is 4.98. The molecule has 4 N–H and O–H groups in total. The van der Waals surface area contributed by atoms with Crippen LogP contribution in [0.5, 0.6) is 0 Å². The number of carboxylic acid groups (broad SMARTS) is 2. The van der Waals surface area contributed by atoms with E-state index in [0.29, 0.717) is 19.4 Å². The van der Waals surface area contributed by atoms with E-state index in [0.717, 1.165) is 4.90 Å². The fourth-order valence-electron chi connectivity index (χ4n) is 2.05. The zero-order valence-electron chi connectivity index (χ0n) is 8.93. The van der Waals surface area contributed by atoms with E-state index in [1.807, 2.05) is 0 Å². The van der Waals surface area contributed by atoms with Crippen molar-refractivity contribution in [2.75, 3.05) is 13.1 Å². The van der Waals surface area contributed by atoms with Gasteiger partial charge in [-0.3, -0.25) is 4.90 Å². The first-order valence-electron chi connectivity index (χ1n) is 5.13. The van der Waals surface area contributed by atoms with E-state index in [-0.39, 0.29) is 13.0 Å². The van der Waals surface area contributed by atoms with Gasteiger partial charge in [-0.05, 0) is 19.3 Å². The van der Waals surface area contributed by atoms with E-state index in [1.165, 1.54) is 0 Å². The lowest BCUT2D eigenvalue weighted by atomic mass is 9.92. The molecule has 1 atom stereocenters. The molecule has 0 spiro atoms. The van der Waals surface area contributed by atoms with Crippen molar-refractivity contribution in [3.05, 3.63) is 12.2 Å². The molecule has 0 radical (unpaired) electrons. The van der Waals surface area contributed by atoms with E-state index in [1.54, 1.807) is 12.2 Å². The maximum absolute atomic E-state index is 11.3. The molecule has 1 heterocycles. The summed E-state index contributed by atoms with van der Waals surface area (Å²) in [5.74, 6) is -1.09. The molecule has 90 valence electrons. The lowest BCUT2D eigenvalue weighted by Crippen LogP contribution is -2.52. The van der Waals surface area contributed by atoms with Crippen LogP contribution in [0, 0.1) is 0 Å². The normalized spacial score (nSPS) is 25.2. The molecule has 1 unspecified atom stereocenters. The minimum absolute atomic E-state index is 0.172. The van der Waals surface area contributed by atoms with Gasteiger partial charge in [-0.1, -0.05) is 12.2 Å². The van der Waals surface area contributed by atoms with Crippen LogP contribution in [-0.2, 0) is 4.79 Å². The summed E-state index contributed by atoms with van der Waals surface area (Å²) in [5, 5.41) is 18.2. The third-order valence-electron chi connectivity index (χ3n) is 2.88. The number of carbonyl (C=O) groups is 2. The molecular weight excluding hydrogens is 212 g/mol. The second-order valence-corrected chi connectivity index (χ2v) is 3.79. The van der Waals surface area contributed by atoms with E-state index >= 15 is 0 Å². The van der Waals surface area contributed by atoms with Crippen LogP contribution in [0.3, 0.4) is 0 Å². The molecule has 1 fully saturated rings. The summed E-state index contributed by atoms with van der Waals surface area (Å²) in [6, 6.07) is 0. The Morgan fingerprint density at radius 1 is 1.38 bits per heavy atom. The van der Waals surface area contributed by atoms with Crippen molar-refractivity contribution >= 4 is 12.1 Å². The van der Waals surface area contributed by atoms with Crippen LogP contribution in [0.1, 0.15) is 19.3 Å². The van der Waals surface area contributed by atoms with Gasteiger partial charge in [0.1, 0.15) is 5.54 Å². The standard InChI is InChI=1S/C10H16N2O4/c11-6-2-1-4-10(8(13)14)5-3-7-12(10)9(15)16/h1-2H,3-7,11H2,(H,13,14)(H,15,16)/b2-1-. The van der Waals surface area contributed by atoms with E-state index < -0.39 is 17.6 Å². The summed E-state index contributed by atoms with van der Waals surface area (Å²) < 4.78 is 0. The van der Waals surface area contributed by atoms with Gasteiger partial charge >= 0.3 is 12.1 Å². The third-order valence-corrected chi connectivity index (χ3v) is 2.88. The Kier molecular flexibility index (Phi) is 3.89. The molecule has 0 aromatic rings. The van der Waals surface area contributed by atoms with Crippen molar-refractivity contribution in [2.45, 2.75) is 24.8 Å². The summed E-state index contributed by atoms with van der Waals surface area (Å²) in [5.41, 5.74) is 3.95. The molecule has 0 saturated carbocycles. The Hall–Kier alpha value is -1.56. The number of likely N-dealkylation sites (tertiary alicyclic amines) is 1. The largest absolute Gasteiger partial charge is 0.479 e. The third kappa shape index (κ3) is 2.16. The van der Waals surface area contributed by atoms with Crippen LogP contribution < -0.4 is 5.73 Å². The molecule has 1 aliphatic heterocycles. The number of nitrogens with zero attached hydrogens (tertiary/aromatic N) is 1. The van der Waals surface area contributed by atoms with Crippen LogP contribution in [0.2, 0.25) is 0 Å². The van der Waals surface area contributed by atoms with Gasteiger partial charge in [-0.25, -0.2) is 9.59 Å². The van der Waals surface area contributed by atoms with Crippen molar-refractivity contribution in [1.29, 1.82) is 0 Å². The van der Waals surface area contributed by atoms with Gasteiger partial charge in [-0.15, -0.1) is 0 Å². The number of carboxylic acids is 1. The number of rotatable bonds is 4. The van der Waals surface area contributed by atoms with Crippen LogP contribution in [0.15, 0.2) is 12.2 Å². The number of aliphatic carboxylic acids is 1. The van der Waals surface area contributed by atoms with E-state index in [2.05, 4.69) is 0 Å². The topological polar surface area (TPSA) is 104 Å². The average molecular weight is 228 g/mol. The molecule has 1 aliphatic rings. The molecule has 1 saturated heterocycles. The highest BCUT2D eigenvalue weighted by molar-refractivity contribution is 5.84. The van der Waals surface area contributed by atoms with Crippen LogP contribution in [0.4, 0.5) is 4.79 Å². The first-order valence-corrected chi connectivity index (χ1v) is 5.13. The van der Waals surface area contributed by atoms with Gasteiger partial charge < -0.3 is 15.9 Å². The maximum atomic E-state index is 11.3. The Morgan fingerprint density at radius 3 is 2.56 bits per heavy atom. The maximum Gasteiger partial charge on any atom is 0.408 e. The van der Waals surface area contributed by atoms with Gasteiger partial charge in [0.2, 0.25) is 0 Å². The van der Waals surface area contributed by atoms with E-state index in [4.69, 9.17) is 10.8 Å². The summed E-state index contributed by atoms with van der Waals surface area (Å²) >= 11 is 0. The molecule has 0 aromatic carbocycles. The predicted molar refractivity (Wildman–Crippen MR) is 57.1 cm³/mol. The average Bonchev–Trinajstić information content (AvgIpc) is 2.63. The lowest BCUT2D eigenvalue weighted by Gasteiger charge is -2.31. The lowest BCUT2D eigenvalue weighted by molar-refractivity contribution is -0.148. The quantitative estimate of drug-likeness (QED) is 0.607. The first kappa shape index (κ1) is 12.5. The number of hydrogen-bond acceptors (Lipinski definition) is 3. The minimum atomic E-state index is -1.31. The first-order chi connectivity index (χ1) is 7.54. The molecule has 1 amide bonds. The minimum Gasteiger partial charge on any atom is -0.479 e. The van der Waals surface area contributed by atoms with Crippen molar-refractivity contribution in [1.82, 2.24) is 4.90 Å². The van der Waals surface area contributed by atoms with Gasteiger partial charge in [0, 0.05) is 13.1 Å². The summed E-state index contributed by atoms with van der Waals surface area (Å²) in [6.45, 7) is 0.598. The van der Waals surface area contributed by atoms with Crippen molar-refractivity contribution in [3.8, 4) is 0 Å². The highest BCUT2D eigenvalue weighted by Crippen LogP contribution is 2.33. The Bertz CT molecular complexity index is 316. The van der Waals surface area contributed by atoms with E-state index in [9.17, 15) is 14.7 Å². The van der Waals surface area contributed by atoms with Gasteiger partial charge in [0.15, 0.2) is 0 Å². The Labute approximate surface area is 93.3 Å². The number of amides is 1. The van der Waals surface area contributed by atoms with Crippen molar-refractivity contribution < 1.29 is 19.8 Å². The molecule has 1 rings (SSSR count).